The Kier molecular flexibility index (Phi) is 7.96. The Hall–Kier alpha value is -7.42. The largest absolute Gasteiger partial charge is 0.454 e. The van der Waals surface area contributed by atoms with Crippen molar-refractivity contribution in [3.8, 4) is 55.6 Å². The Labute approximate surface area is 363 Å². The first-order valence-electron chi connectivity index (χ1n) is 21.8. The molecule has 0 radical (unpaired) electrons. The van der Waals surface area contributed by atoms with E-state index < -0.39 is 0 Å². The van der Waals surface area contributed by atoms with Gasteiger partial charge in [-0.1, -0.05) is 198 Å². The minimum absolute atomic E-state index is 0.125. The molecule has 1 aromatic heterocycles. The van der Waals surface area contributed by atoms with Gasteiger partial charge in [0.05, 0.1) is 17.1 Å². The lowest BCUT2D eigenvalue weighted by Gasteiger charge is -2.31. The van der Waals surface area contributed by atoms with Gasteiger partial charge in [-0.25, -0.2) is 0 Å². The molecule has 1 heterocycles. The van der Waals surface area contributed by atoms with Crippen LogP contribution in [0, 0.1) is 0 Å². The van der Waals surface area contributed by atoms with Gasteiger partial charge in [-0.15, -0.1) is 0 Å². The summed E-state index contributed by atoms with van der Waals surface area (Å²) < 4.78 is 6.92. The third-order valence-corrected chi connectivity index (χ3v) is 13.9. The van der Waals surface area contributed by atoms with Crippen molar-refractivity contribution in [3.63, 3.8) is 0 Å². The number of hydrogen-bond acceptors (Lipinski definition) is 2. The van der Waals surface area contributed by atoms with Gasteiger partial charge < -0.3 is 9.32 Å². The molecule has 0 atom stereocenters. The van der Waals surface area contributed by atoms with Gasteiger partial charge in [0, 0.05) is 32.7 Å². The minimum Gasteiger partial charge on any atom is -0.454 e. The third-order valence-electron chi connectivity index (χ3n) is 13.9. The molecule has 0 amide bonds. The third kappa shape index (κ3) is 5.23. The molecule has 2 aliphatic rings. The second-order valence-electron chi connectivity index (χ2n) is 18.0. The molecule has 2 aliphatic carbocycles. The van der Waals surface area contributed by atoms with Crippen molar-refractivity contribution in [2.24, 2.45) is 0 Å². The van der Waals surface area contributed by atoms with Gasteiger partial charge in [-0.05, 0) is 97.1 Å². The molecule has 0 aliphatic heterocycles. The highest BCUT2D eigenvalue weighted by atomic mass is 16.3. The van der Waals surface area contributed by atoms with Crippen molar-refractivity contribution in [3.05, 3.63) is 222 Å². The van der Waals surface area contributed by atoms with Crippen LogP contribution in [-0.4, -0.2) is 0 Å². The van der Waals surface area contributed by atoms with Crippen LogP contribution < -0.4 is 4.90 Å². The summed E-state index contributed by atoms with van der Waals surface area (Å²) >= 11 is 0. The molecule has 9 aromatic carbocycles. The summed E-state index contributed by atoms with van der Waals surface area (Å²) in [6.07, 6.45) is 0. The van der Waals surface area contributed by atoms with Gasteiger partial charge in [0.15, 0.2) is 5.58 Å². The first-order valence-corrected chi connectivity index (χ1v) is 21.8. The zero-order chi connectivity index (χ0) is 41.7. The van der Waals surface area contributed by atoms with Gasteiger partial charge in [0.25, 0.3) is 0 Å². The maximum absolute atomic E-state index is 6.92. The Balaban J connectivity index is 1.16. The number of benzene rings is 9. The maximum Gasteiger partial charge on any atom is 0.159 e. The van der Waals surface area contributed by atoms with Gasteiger partial charge in [-0.2, -0.15) is 0 Å². The number of rotatable bonds is 6. The highest BCUT2D eigenvalue weighted by molar-refractivity contribution is 6.12. The summed E-state index contributed by atoms with van der Waals surface area (Å²) in [5, 5.41) is 2.20. The molecule has 0 unspecified atom stereocenters. The van der Waals surface area contributed by atoms with Crippen molar-refractivity contribution >= 4 is 39.0 Å². The molecule has 0 spiro atoms. The van der Waals surface area contributed by atoms with E-state index in [2.05, 4.69) is 233 Å². The lowest BCUT2D eigenvalue weighted by Crippen LogP contribution is -2.15. The van der Waals surface area contributed by atoms with Crippen molar-refractivity contribution in [2.45, 2.75) is 38.5 Å². The van der Waals surface area contributed by atoms with Crippen LogP contribution in [-0.2, 0) is 10.8 Å². The number of nitrogens with zero attached hydrogens (tertiary/aromatic N) is 1. The van der Waals surface area contributed by atoms with E-state index in [9.17, 15) is 0 Å². The maximum atomic E-state index is 6.92. The average molecular weight is 796 g/mol. The van der Waals surface area contributed by atoms with Crippen LogP contribution >= 0.6 is 0 Å². The molecule has 10 aromatic rings. The van der Waals surface area contributed by atoms with Crippen LogP contribution in [0.25, 0.3) is 77.6 Å². The zero-order valence-corrected chi connectivity index (χ0v) is 35.4. The molecule has 0 saturated heterocycles. The fourth-order valence-corrected chi connectivity index (χ4v) is 10.9. The summed E-state index contributed by atoms with van der Waals surface area (Å²) in [5.74, 6) is 0. The summed E-state index contributed by atoms with van der Waals surface area (Å²) in [7, 11) is 0. The average Bonchev–Trinajstić information content (AvgIpc) is 3.90. The molecule has 2 nitrogen and oxygen atoms in total. The van der Waals surface area contributed by atoms with E-state index in [-0.39, 0.29) is 10.8 Å². The van der Waals surface area contributed by atoms with Crippen molar-refractivity contribution in [1.82, 2.24) is 0 Å². The van der Waals surface area contributed by atoms with Crippen LogP contribution in [0.3, 0.4) is 0 Å². The predicted molar refractivity (Wildman–Crippen MR) is 260 cm³/mol. The topological polar surface area (TPSA) is 16.4 Å². The smallest absolute Gasteiger partial charge is 0.159 e. The summed E-state index contributed by atoms with van der Waals surface area (Å²) in [5.41, 5.74) is 22.4. The van der Waals surface area contributed by atoms with E-state index in [1.54, 1.807) is 0 Å². The zero-order valence-electron chi connectivity index (χ0n) is 35.4. The SMILES string of the molecule is CC1(C)c2ccccc2-c2ccc(-c3ccccc3N(c3cccc(-c4cccc5c4-c4ccccc4C5(C)C)c3-c3ccccc3)c3cccc4c3oc3ccccc34)cc21. The molecule has 2 heteroatoms. The Morgan fingerprint density at radius 3 is 1.69 bits per heavy atom. The van der Waals surface area contributed by atoms with E-state index in [0.717, 1.165) is 55.7 Å². The van der Waals surface area contributed by atoms with Crippen LogP contribution in [0.5, 0.6) is 0 Å². The normalized spacial score (nSPS) is 14.1. The number of hydrogen-bond donors (Lipinski definition) is 0. The molecule has 62 heavy (non-hydrogen) atoms. The Morgan fingerprint density at radius 1 is 0.339 bits per heavy atom. The standard InChI is InChI=1S/C60H45NO/c1-59(2)49-29-13-9-24-47(49)57-45(25-16-30-50(57)59)44-26-17-32-53(56(44)38-19-6-5-7-20-38)61(54-33-18-27-46-43-23-11-15-34-55(43)62-58(46)54)52-31-14-10-21-40(52)39-35-36-42-41-22-8-12-28-48(41)60(3,4)51(42)37-39/h5-37H,1-4H3. The molecule has 0 N–H and O–H groups in total. The van der Waals surface area contributed by atoms with Crippen molar-refractivity contribution in [2.75, 3.05) is 4.90 Å². The molecular formula is C60H45NO. The Morgan fingerprint density at radius 2 is 0.871 bits per heavy atom. The molecule has 0 bridgehead atoms. The monoisotopic (exact) mass is 795 g/mol. The fraction of sp³-hybridized carbons (Fsp3) is 0.100. The number of para-hydroxylation sites is 3. The van der Waals surface area contributed by atoms with Gasteiger partial charge in [0.2, 0.25) is 0 Å². The van der Waals surface area contributed by atoms with Crippen LogP contribution in [0.15, 0.2) is 205 Å². The summed E-state index contributed by atoms with van der Waals surface area (Å²) in [6, 6.07) is 73.6. The second-order valence-corrected chi connectivity index (χ2v) is 18.0. The second kappa shape index (κ2) is 13.5. The van der Waals surface area contributed by atoms with E-state index in [0.29, 0.717) is 0 Å². The van der Waals surface area contributed by atoms with E-state index in [1.807, 2.05) is 0 Å². The highest BCUT2D eigenvalue weighted by Crippen LogP contribution is 2.56. The highest BCUT2D eigenvalue weighted by Gasteiger charge is 2.38. The van der Waals surface area contributed by atoms with Gasteiger partial charge in [0.1, 0.15) is 5.58 Å². The fourth-order valence-electron chi connectivity index (χ4n) is 10.9. The molecule has 0 saturated carbocycles. The number of fused-ring (bicyclic) bond motifs is 9. The summed E-state index contributed by atoms with van der Waals surface area (Å²) in [6.45, 7) is 9.45. The van der Waals surface area contributed by atoms with Crippen LogP contribution in [0.2, 0.25) is 0 Å². The number of anilines is 3. The summed E-state index contributed by atoms with van der Waals surface area (Å²) in [4.78, 5) is 2.47. The molecule has 12 rings (SSSR count). The molecular weight excluding hydrogens is 751 g/mol. The predicted octanol–water partition coefficient (Wildman–Crippen LogP) is 16.7. The Bertz CT molecular complexity index is 3420. The molecule has 0 fully saturated rings. The lowest BCUT2D eigenvalue weighted by atomic mass is 9.81. The quantitative estimate of drug-likeness (QED) is 0.167. The van der Waals surface area contributed by atoms with E-state index in [1.165, 1.54) is 61.2 Å². The van der Waals surface area contributed by atoms with E-state index in [4.69, 9.17) is 4.42 Å². The first kappa shape index (κ1) is 36.4. The molecule has 296 valence electrons. The van der Waals surface area contributed by atoms with Crippen molar-refractivity contribution < 1.29 is 4.42 Å². The lowest BCUT2D eigenvalue weighted by molar-refractivity contribution is 0.660. The van der Waals surface area contributed by atoms with Gasteiger partial charge in [-0.3, -0.25) is 0 Å². The van der Waals surface area contributed by atoms with Crippen molar-refractivity contribution in [1.29, 1.82) is 0 Å². The minimum atomic E-state index is -0.131. The van der Waals surface area contributed by atoms with Crippen LogP contribution in [0.1, 0.15) is 49.9 Å². The van der Waals surface area contributed by atoms with Gasteiger partial charge >= 0.3 is 0 Å². The first-order chi connectivity index (χ1) is 30.3. The van der Waals surface area contributed by atoms with E-state index >= 15 is 0 Å². The van der Waals surface area contributed by atoms with Crippen LogP contribution in [0.4, 0.5) is 17.1 Å². The number of furan rings is 1.